The Hall–Kier alpha value is -6.90. The van der Waals surface area contributed by atoms with Gasteiger partial charge in [0.05, 0.1) is 15.1 Å². The molecule has 0 amide bonds. The molecule has 0 atom stereocenters. The first-order valence-corrected chi connectivity index (χ1v) is 16.9. The van der Waals surface area contributed by atoms with Crippen molar-refractivity contribution in [1.82, 2.24) is 0 Å². The number of para-hydroxylation sites is 1. The summed E-state index contributed by atoms with van der Waals surface area (Å²) in [6, 6.07) is 37.5. The summed E-state index contributed by atoms with van der Waals surface area (Å²) in [5.74, 6) is 0. The zero-order chi connectivity index (χ0) is 44.0. The van der Waals surface area contributed by atoms with Crippen LogP contribution in [0.3, 0.4) is 0 Å². The topological polar surface area (TPSA) is 16.4 Å². The maximum atomic E-state index is 9.92. The first-order valence-electron chi connectivity index (χ1n) is 22.4. The van der Waals surface area contributed by atoms with Gasteiger partial charge in [-0.1, -0.05) is 151 Å². The molecule has 0 fully saturated rings. The van der Waals surface area contributed by atoms with Crippen molar-refractivity contribution in [2.45, 2.75) is 0 Å². The van der Waals surface area contributed by atoms with Gasteiger partial charge in [-0.05, 0) is 103 Å². The molecule has 10 aromatic rings. The quantitative estimate of drug-likeness (QED) is 0.175. The van der Waals surface area contributed by atoms with Crippen molar-refractivity contribution < 1.29 is 19.5 Å². The van der Waals surface area contributed by atoms with Crippen LogP contribution in [0.25, 0.3) is 76.9 Å². The molecule has 0 spiro atoms. The third kappa shape index (κ3) is 5.12. The van der Waals surface area contributed by atoms with Crippen LogP contribution in [-0.2, 0) is 0 Å². The van der Waals surface area contributed by atoms with E-state index in [1.165, 1.54) is 0 Å². The van der Waals surface area contributed by atoms with E-state index in [1.54, 1.807) is 4.90 Å². The SMILES string of the molecule is [2H]c1c([2H])c(-c2c([2H])c([2H])c([2H])c3oc4c([2H])c([2H])c([2H])c([2H])c4c23)c([2H])c(N(c2ccc(-c3cccc4ccccc34)cc2)c2ccc(-c3cccc4ccccc34)cc2)c1[2H]. The van der Waals surface area contributed by atoms with E-state index in [4.69, 9.17) is 12.6 Å². The van der Waals surface area contributed by atoms with Crippen LogP contribution in [0.2, 0.25) is 0 Å². The molecule has 0 aliphatic rings. The van der Waals surface area contributed by atoms with E-state index >= 15 is 0 Å². The lowest BCUT2D eigenvalue weighted by molar-refractivity contribution is 0.669. The van der Waals surface area contributed by atoms with E-state index in [-0.39, 0.29) is 38.8 Å². The number of nitrogens with zero attached hydrogens (tertiary/aromatic N) is 1. The second kappa shape index (κ2) is 12.5. The summed E-state index contributed by atoms with van der Waals surface area (Å²) in [5, 5.41) is 3.94. The van der Waals surface area contributed by atoms with Crippen LogP contribution < -0.4 is 4.90 Å². The Morgan fingerprint density at radius 1 is 0.385 bits per heavy atom. The molecule has 1 aromatic heterocycles. The minimum atomic E-state index is -0.626. The van der Waals surface area contributed by atoms with E-state index in [0.717, 1.165) is 43.8 Å². The standard InChI is InChI=1S/C50H33NO/c1-3-17-42-34(11-1)13-8-20-44(42)36-25-29-39(30-26-36)51(40-31-27-37(28-32-40)45-21-9-14-35-12-2-4-18-43(35)45)41-16-7-15-38(33-41)46-22-10-24-49-50(46)47-19-5-6-23-48(47)52-49/h1-33H/i5D,6D,7D,10D,15D,16D,19D,22D,23D,24D,33D. The zero-order valence-corrected chi connectivity index (χ0v) is 27.6. The highest BCUT2D eigenvalue weighted by atomic mass is 16.3. The van der Waals surface area contributed by atoms with Gasteiger partial charge in [0, 0.05) is 27.8 Å². The number of fused-ring (bicyclic) bond motifs is 5. The Balaban J connectivity index is 1.24. The van der Waals surface area contributed by atoms with Crippen LogP contribution in [0.15, 0.2) is 204 Å². The van der Waals surface area contributed by atoms with Gasteiger partial charge in [0.1, 0.15) is 11.2 Å². The van der Waals surface area contributed by atoms with Crippen molar-refractivity contribution in [3.63, 3.8) is 0 Å². The van der Waals surface area contributed by atoms with Gasteiger partial charge in [-0.25, -0.2) is 0 Å². The smallest absolute Gasteiger partial charge is 0.136 e. The van der Waals surface area contributed by atoms with Crippen molar-refractivity contribution in [2.75, 3.05) is 4.90 Å². The Morgan fingerprint density at radius 2 is 0.942 bits per heavy atom. The van der Waals surface area contributed by atoms with E-state index in [9.17, 15) is 6.85 Å². The Kier molecular flexibility index (Phi) is 4.96. The lowest BCUT2D eigenvalue weighted by Crippen LogP contribution is -2.10. The van der Waals surface area contributed by atoms with Crippen molar-refractivity contribution in [2.24, 2.45) is 0 Å². The molecule has 0 aliphatic heterocycles. The molecule has 2 heteroatoms. The Labute approximate surface area is 317 Å². The second-order valence-corrected chi connectivity index (χ2v) is 12.5. The normalized spacial score (nSPS) is 14.4. The summed E-state index contributed by atoms with van der Waals surface area (Å²) in [7, 11) is 0. The van der Waals surface area contributed by atoms with Crippen LogP contribution >= 0.6 is 0 Å². The van der Waals surface area contributed by atoms with Crippen molar-refractivity contribution in [3.05, 3.63) is 200 Å². The number of anilines is 3. The minimum absolute atomic E-state index is 0.106. The average Bonchev–Trinajstić information content (AvgIpc) is 3.72. The molecule has 244 valence electrons. The molecule has 52 heavy (non-hydrogen) atoms. The van der Waals surface area contributed by atoms with E-state index < -0.39 is 66.5 Å². The van der Waals surface area contributed by atoms with Crippen LogP contribution in [-0.4, -0.2) is 0 Å². The van der Waals surface area contributed by atoms with Crippen LogP contribution in [0.4, 0.5) is 17.1 Å². The van der Waals surface area contributed by atoms with Gasteiger partial charge >= 0.3 is 0 Å². The third-order valence-corrected chi connectivity index (χ3v) is 9.49. The fraction of sp³-hybridized carbons (Fsp3) is 0. The summed E-state index contributed by atoms with van der Waals surface area (Å²) in [4.78, 5) is 1.66. The van der Waals surface area contributed by atoms with E-state index in [0.29, 0.717) is 11.4 Å². The highest BCUT2D eigenvalue weighted by molar-refractivity contribution is 6.12. The molecule has 9 aromatic carbocycles. The van der Waals surface area contributed by atoms with Gasteiger partial charge in [-0.2, -0.15) is 0 Å². The third-order valence-electron chi connectivity index (χ3n) is 9.49. The largest absolute Gasteiger partial charge is 0.456 e. The molecule has 10 rings (SSSR count). The predicted octanol–water partition coefficient (Wildman–Crippen LogP) is 14.4. The number of rotatable bonds is 6. The number of furan rings is 1. The second-order valence-electron chi connectivity index (χ2n) is 12.5. The van der Waals surface area contributed by atoms with E-state index in [1.807, 2.05) is 121 Å². The van der Waals surface area contributed by atoms with Crippen molar-refractivity contribution in [1.29, 1.82) is 0 Å². The molecule has 0 radical (unpaired) electrons. The molecular weight excluding hydrogens is 631 g/mol. The van der Waals surface area contributed by atoms with Crippen molar-refractivity contribution in [3.8, 4) is 33.4 Å². The van der Waals surface area contributed by atoms with Crippen LogP contribution in [0, 0.1) is 0 Å². The highest BCUT2D eigenvalue weighted by Crippen LogP contribution is 2.42. The molecule has 0 unspecified atom stereocenters. The van der Waals surface area contributed by atoms with Crippen molar-refractivity contribution >= 4 is 60.5 Å². The predicted molar refractivity (Wildman–Crippen MR) is 220 cm³/mol. The number of hydrogen-bond donors (Lipinski definition) is 0. The Bertz CT molecular complexity index is 3400. The fourth-order valence-electron chi connectivity index (χ4n) is 7.06. The van der Waals surface area contributed by atoms with Gasteiger partial charge in [0.2, 0.25) is 0 Å². The molecule has 0 saturated heterocycles. The van der Waals surface area contributed by atoms with Gasteiger partial charge < -0.3 is 9.32 Å². The first-order chi connectivity index (χ1) is 30.4. The molecule has 1 heterocycles. The molecule has 2 nitrogen and oxygen atoms in total. The van der Waals surface area contributed by atoms with Gasteiger partial charge in [-0.15, -0.1) is 0 Å². The van der Waals surface area contributed by atoms with Gasteiger partial charge in [0.25, 0.3) is 0 Å². The van der Waals surface area contributed by atoms with Crippen LogP contribution in [0.5, 0.6) is 0 Å². The summed E-state index contributed by atoms with van der Waals surface area (Å²) >= 11 is 0. The van der Waals surface area contributed by atoms with E-state index in [2.05, 4.69) is 12.1 Å². The van der Waals surface area contributed by atoms with Gasteiger partial charge in [0.15, 0.2) is 0 Å². The fourth-order valence-corrected chi connectivity index (χ4v) is 7.06. The lowest BCUT2D eigenvalue weighted by Gasteiger charge is -2.26. The average molecular weight is 675 g/mol. The summed E-state index contributed by atoms with van der Waals surface area (Å²) < 4.78 is 105. The maximum absolute atomic E-state index is 9.92. The monoisotopic (exact) mass is 674 g/mol. The number of benzene rings is 9. The summed E-state index contributed by atoms with van der Waals surface area (Å²) in [5.41, 5.74) is 3.53. The molecule has 0 saturated carbocycles. The summed E-state index contributed by atoms with van der Waals surface area (Å²) in [6.07, 6.45) is 0. The minimum Gasteiger partial charge on any atom is -0.456 e. The molecule has 0 bridgehead atoms. The maximum Gasteiger partial charge on any atom is 0.136 e. The molecular formula is C50H33NO. The Morgan fingerprint density at radius 3 is 1.60 bits per heavy atom. The summed E-state index contributed by atoms with van der Waals surface area (Å²) in [6.45, 7) is 0. The number of hydrogen-bond acceptors (Lipinski definition) is 2. The van der Waals surface area contributed by atoms with Crippen LogP contribution in [0.1, 0.15) is 15.1 Å². The lowest BCUT2D eigenvalue weighted by atomic mass is 9.97. The highest BCUT2D eigenvalue weighted by Gasteiger charge is 2.17. The van der Waals surface area contributed by atoms with Gasteiger partial charge in [-0.3, -0.25) is 0 Å². The molecule has 0 N–H and O–H groups in total. The zero-order valence-electron chi connectivity index (χ0n) is 38.6. The first kappa shape index (κ1) is 20.7. The molecule has 0 aliphatic carbocycles.